The van der Waals surface area contributed by atoms with E-state index in [1.165, 1.54) is 16.4 Å². The zero-order chi connectivity index (χ0) is 27.6. The number of ether oxygens (including phenoxy) is 3. The predicted octanol–water partition coefficient (Wildman–Crippen LogP) is 5.33. The molecule has 2 aromatic carbocycles. The summed E-state index contributed by atoms with van der Waals surface area (Å²) in [4.78, 5) is 15.3. The molecule has 2 aromatic rings. The third kappa shape index (κ3) is 6.26. The minimum atomic E-state index is -3.99. The number of carbonyl (C=O) groups is 1. The molecule has 11 heteroatoms. The van der Waals surface area contributed by atoms with E-state index in [1.54, 1.807) is 12.1 Å². The standard InChI is InChI=1S/C28H34Cl2N2O6S/c1-20-14-21(6-7-22(20)29)38-19-28(17-27(33)31-9-3-2-4-10-31)8-5-11-32(18-28)39(34,35)26-16-25-24(15-23(26)30)36-12-13-37-25/h6-7,14-16H,2-5,8-13,17-19H2,1H3. The maximum Gasteiger partial charge on any atom is 0.244 e. The van der Waals surface area contributed by atoms with Crippen molar-refractivity contribution in [3.05, 3.63) is 45.9 Å². The third-order valence-electron chi connectivity index (χ3n) is 7.75. The second-order valence-corrected chi connectivity index (χ2v) is 13.4. The lowest BCUT2D eigenvalue weighted by Gasteiger charge is -2.42. The normalized spacial score (nSPS) is 22.0. The van der Waals surface area contributed by atoms with Crippen LogP contribution in [0.5, 0.6) is 17.2 Å². The fraction of sp³-hybridized carbons (Fsp3) is 0.536. The monoisotopic (exact) mass is 596 g/mol. The van der Waals surface area contributed by atoms with Crippen molar-refractivity contribution in [2.24, 2.45) is 5.41 Å². The van der Waals surface area contributed by atoms with E-state index < -0.39 is 15.4 Å². The predicted molar refractivity (Wildman–Crippen MR) is 150 cm³/mol. The van der Waals surface area contributed by atoms with Gasteiger partial charge in [0, 0.05) is 55.2 Å². The summed E-state index contributed by atoms with van der Waals surface area (Å²) >= 11 is 12.6. The number of carbonyl (C=O) groups excluding carboxylic acids is 1. The summed E-state index contributed by atoms with van der Waals surface area (Å²) < 4.78 is 46.7. The molecule has 3 aliphatic heterocycles. The van der Waals surface area contributed by atoms with Crippen LogP contribution >= 0.6 is 23.2 Å². The molecule has 0 bridgehead atoms. The van der Waals surface area contributed by atoms with E-state index in [9.17, 15) is 13.2 Å². The van der Waals surface area contributed by atoms with Gasteiger partial charge in [-0.1, -0.05) is 23.2 Å². The molecule has 3 heterocycles. The lowest BCUT2D eigenvalue weighted by Crippen LogP contribution is -2.51. The van der Waals surface area contributed by atoms with Crippen LogP contribution in [0.15, 0.2) is 35.2 Å². The summed E-state index contributed by atoms with van der Waals surface area (Å²) in [7, 11) is -3.99. The molecule has 3 aliphatic rings. The van der Waals surface area contributed by atoms with E-state index >= 15 is 0 Å². The number of nitrogens with zero attached hydrogens (tertiary/aromatic N) is 2. The maximum absolute atomic E-state index is 13.9. The Labute approximate surface area is 240 Å². The van der Waals surface area contributed by atoms with Crippen molar-refractivity contribution < 1.29 is 27.4 Å². The Balaban J connectivity index is 1.42. The van der Waals surface area contributed by atoms with E-state index in [4.69, 9.17) is 37.4 Å². The average molecular weight is 598 g/mol. The van der Waals surface area contributed by atoms with Gasteiger partial charge in [-0.05, 0) is 62.8 Å². The van der Waals surface area contributed by atoms with E-state index in [2.05, 4.69) is 0 Å². The van der Waals surface area contributed by atoms with Gasteiger partial charge in [-0.15, -0.1) is 0 Å². The Kier molecular flexibility index (Phi) is 8.52. The van der Waals surface area contributed by atoms with Crippen LogP contribution in [-0.4, -0.2) is 69.5 Å². The Bertz CT molecular complexity index is 1330. The van der Waals surface area contributed by atoms with Crippen molar-refractivity contribution >= 4 is 39.1 Å². The molecule has 0 aromatic heterocycles. The first-order valence-electron chi connectivity index (χ1n) is 13.4. The van der Waals surface area contributed by atoms with Crippen LogP contribution in [0.3, 0.4) is 0 Å². The zero-order valence-corrected chi connectivity index (χ0v) is 24.4. The molecular weight excluding hydrogens is 563 g/mol. The molecule has 0 radical (unpaired) electrons. The first kappa shape index (κ1) is 28.3. The van der Waals surface area contributed by atoms with E-state index in [-0.39, 0.29) is 35.4 Å². The Morgan fingerprint density at radius 1 is 0.974 bits per heavy atom. The van der Waals surface area contributed by atoms with Gasteiger partial charge in [-0.3, -0.25) is 4.79 Å². The van der Waals surface area contributed by atoms with Crippen LogP contribution < -0.4 is 14.2 Å². The fourth-order valence-corrected chi connectivity index (χ4v) is 7.80. The molecule has 1 unspecified atom stereocenters. The number of fused-ring (bicyclic) bond motifs is 1. The van der Waals surface area contributed by atoms with Gasteiger partial charge in [-0.2, -0.15) is 4.31 Å². The van der Waals surface area contributed by atoms with Gasteiger partial charge in [0.1, 0.15) is 23.9 Å². The van der Waals surface area contributed by atoms with Crippen LogP contribution in [0.1, 0.15) is 44.1 Å². The van der Waals surface area contributed by atoms with Gasteiger partial charge in [0.2, 0.25) is 15.9 Å². The molecule has 2 saturated heterocycles. The van der Waals surface area contributed by atoms with Gasteiger partial charge >= 0.3 is 0 Å². The molecule has 1 amide bonds. The van der Waals surface area contributed by atoms with Gasteiger partial charge < -0.3 is 19.1 Å². The Morgan fingerprint density at radius 3 is 2.41 bits per heavy atom. The molecule has 0 spiro atoms. The van der Waals surface area contributed by atoms with Crippen LogP contribution in [0, 0.1) is 12.3 Å². The molecule has 212 valence electrons. The van der Waals surface area contributed by atoms with Gasteiger partial charge in [0.25, 0.3) is 0 Å². The van der Waals surface area contributed by atoms with Crippen molar-refractivity contribution in [1.29, 1.82) is 0 Å². The van der Waals surface area contributed by atoms with Crippen molar-refractivity contribution in [3.8, 4) is 17.2 Å². The minimum absolute atomic E-state index is 0.0270. The number of amides is 1. The quantitative estimate of drug-likeness (QED) is 0.430. The van der Waals surface area contributed by atoms with Crippen molar-refractivity contribution in [2.75, 3.05) is 46.0 Å². The summed E-state index contributed by atoms with van der Waals surface area (Å²) in [6, 6.07) is 8.36. The van der Waals surface area contributed by atoms with Gasteiger partial charge in [0.15, 0.2) is 11.5 Å². The van der Waals surface area contributed by atoms with Crippen LogP contribution in [0.2, 0.25) is 10.0 Å². The number of sulfonamides is 1. The molecule has 2 fully saturated rings. The average Bonchev–Trinajstić information content (AvgIpc) is 2.94. The second-order valence-electron chi connectivity index (χ2n) is 10.7. The fourth-order valence-electron chi connectivity index (χ4n) is 5.58. The molecule has 0 aliphatic carbocycles. The number of piperidine rings is 2. The summed E-state index contributed by atoms with van der Waals surface area (Å²) in [5, 5.41) is 0.719. The number of aryl methyl sites for hydroxylation is 1. The number of halogens is 2. The highest BCUT2D eigenvalue weighted by molar-refractivity contribution is 7.89. The summed E-state index contributed by atoms with van der Waals surface area (Å²) in [5.74, 6) is 1.46. The highest BCUT2D eigenvalue weighted by atomic mass is 35.5. The SMILES string of the molecule is Cc1cc(OCC2(CC(=O)N3CCCCC3)CCCN(S(=O)(=O)c3cc4c(cc3Cl)OCCO4)C2)ccc1Cl. The van der Waals surface area contributed by atoms with Gasteiger partial charge in [0.05, 0.1) is 11.6 Å². The van der Waals surface area contributed by atoms with Crippen LogP contribution in [-0.2, 0) is 14.8 Å². The van der Waals surface area contributed by atoms with E-state index in [0.29, 0.717) is 54.9 Å². The summed E-state index contributed by atoms with van der Waals surface area (Å²) in [6.45, 7) is 4.76. The number of benzene rings is 2. The molecule has 39 heavy (non-hydrogen) atoms. The largest absolute Gasteiger partial charge is 0.493 e. The maximum atomic E-state index is 13.9. The lowest BCUT2D eigenvalue weighted by atomic mass is 9.78. The minimum Gasteiger partial charge on any atom is -0.493 e. The Hall–Kier alpha value is -2.20. The topological polar surface area (TPSA) is 85.4 Å². The molecular formula is C28H34Cl2N2O6S. The van der Waals surface area contributed by atoms with Gasteiger partial charge in [-0.25, -0.2) is 8.42 Å². The lowest BCUT2D eigenvalue weighted by molar-refractivity contribution is -0.136. The first-order chi connectivity index (χ1) is 18.7. The number of likely N-dealkylation sites (tertiary alicyclic amines) is 1. The Morgan fingerprint density at radius 2 is 1.69 bits per heavy atom. The molecule has 1 atom stereocenters. The van der Waals surface area contributed by atoms with Crippen LogP contribution in [0.25, 0.3) is 0 Å². The third-order valence-corrected chi connectivity index (χ3v) is 10.5. The van der Waals surface area contributed by atoms with E-state index in [1.807, 2.05) is 17.9 Å². The highest BCUT2D eigenvalue weighted by Gasteiger charge is 2.44. The smallest absolute Gasteiger partial charge is 0.244 e. The van der Waals surface area contributed by atoms with Crippen molar-refractivity contribution in [3.63, 3.8) is 0 Å². The number of hydrogen-bond donors (Lipinski definition) is 0. The number of hydrogen-bond acceptors (Lipinski definition) is 6. The molecule has 0 saturated carbocycles. The first-order valence-corrected chi connectivity index (χ1v) is 15.6. The molecule has 8 nitrogen and oxygen atoms in total. The van der Waals surface area contributed by atoms with Crippen molar-refractivity contribution in [2.45, 2.75) is 50.3 Å². The zero-order valence-electron chi connectivity index (χ0n) is 22.1. The van der Waals surface area contributed by atoms with E-state index in [0.717, 1.165) is 37.9 Å². The second kappa shape index (κ2) is 11.7. The summed E-state index contributed by atoms with van der Waals surface area (Å²) in [5.41, 5.74) is 0.182. The highest BCUT2D eigenvalue weighted by Crippen LogP contribution is 2.42. The summed E-state index contributed by atoms with van der Waals surface area (Å²) in [6.07, 6.45) is 4.57. The van der Waals surface area contributed by atoms with Crippen LogP contribution in [0.4, 0.5) is 0 Å². The van der Waals surface area contributed by atoms with Crippen molar-refractivity contribution in [1.82, 2.24) is 9.21 Å². The molecule has 5 rings (SSSR count). The number of rotatable bonds is 7. The molecule has 0 N–H and O–H groups in total.